The molecule has 28 heavy (non-hydrogen) atoms. The van der Waals surface area contributed by atoms with Crippen LogP contribution < -0.4 is 5.56 Å². The molecule has 1 aromatic carbocycles. The number of unbranched alkanes of at least 4 members (excludes halogenated alkanes) is 2. The van der Waals surface area contributed by atoms with Gasteiger partial charge >= 0.3 is 0 Å². The Morgan fingerprint density at radius 1 is 1.11 bits per heavy atom. The lowest BCUT2D eigenvalue weighted by molar-refractivity contribution is 0.181. The summed E-state index contributed by atoms with van der Waals surface area (Å²) in [5, 5.41) is 5.32. The van der Waals surface area contributed by atoms with E-state index in [1.54, 1.807) is 22.4 Å². The van der Waals surface area contributed by atoms with Gasteiger partial charge in [-0.1, -0.05) is 50.1 Å². The van der Waals surface area contributed by atoms with Crippen molar-refractivity contribution in [3.05, 3.63) is 64.8 Å². The largest absolute Gasteiger partial charge is 0.378 e. The van der Waals surface area contributed by atoms with Crippen molar-refractivity contribution < 1.29 is 4.74 Å². The Morgan fingerprint density at radius 2 is 1.93 bits per heavy atom. The molecule has 0 N–H and O–H groups in total. The van der Waals surface area contributed by atoms with E-state index in [2.05, 4.69) is 11.9 Å². The molecule has 6 heteroatoms. The zero-order chi connectivity index (χ0) is 19.5. The lowest BCUT2D eigenvalue weighted by atomic mass is 10.1. The molecule has 0 amide bonds. The Bertz CT molecular complexity index is 1160. The SMILES string of the molecule is CCCCCn1ccc2c(cnc3c(-c4ccccc4)c(COC)nn32)c1=O. The van der Waals surface area contributed by atoms with E-state index in [0.717, 1.165) is 53.8 Å². The topological polar surface area (TPSA) is 61.4 Å². The Labute approximate surface area is 163 Å². The van der Waals surface area contributed by atoms with E-state index < -0.39 is 0 Å². The van der Waals surface area contributed by atoms with Gasteiger partial charge in [0.25, 0.3) is 5.56 Å². The fourth-order valence-corrected chi connectivity index (χ4v) is 3.60. The zero-order valence-corrected chi connectivity index (χ0v) is 16.3. The summed E-state index contributed by atoms with van der Waals surface area (Å²) in [6, 6.07) is 12.0. The smallest absolute Gasteiger partial charge is 0.261 e. The van der Waals surface area contributed by atoms with Crippen LogP contribution in [0.4, 0.5) is 0 Å². The molecule has 4 rings (SSSR count). The molecule has 0 radical (unpaired) electrons. The summed E-state index contributed by atoms with van der Waals surface area (Å²) < 4.78 is 8.89. The molecule has 0 aliphatic rings. The summed E-state index contributed by atoms with van der Waals surface area (Å²) >= 11 is 0. The van der Waals surface area contributed by atoms with Gasteiger partial charge < -0.3 is 9.30 Å². The molecule has 0 atom stereocenters. The van der Waals surface area contributed by atoms with E-state index in [-0.39, 0.29) is 5.56 Å². The Balaban J connectivity index is 1.91. The van der Waals surface area contributed by atoms with Crippen LogP contribution in [0, 0.1) is 0 Å². The van der Waals surface area contributed by atoms with Crippen LogP contribution in [0.3, 0.4) is 0 Å². The van der Waals surface area contributed by atoms with Gasteiger partial charge in [0.2, 0.25) is 0 Å². The van der Waals surface area contributed by atoms with Crippen LogP contribution in [0.5, 0.6) is 0 Å². The summed E-state index contributed by atoms with van der Waals surface area (Å²) in [5.41, 5.74) is 4.25. The third kappa shape index (κ3) is 3.20. The Morgan fingerprint density at radius 3 is 2.68 bits per heavy atom. The highest BCUT2D eigenvalue weighted by Gasteiger charge is 2.18. The Kier molecular flexibility index (Phi) is 5.21. The van der Waals surface area contributed by atoms with Gasteiger partial charge in [0.15, 0.2) is 5.65 Å². The first-order valence-corrected chi connectivity index (χ1v) is 9.68. The van der Waals surface area contributed by atoms with Gasteiger partial charge in [0.1, 0.15) is 0 Å². The maximum atomic E-state index is 12.9. The molecule has 3 aromatic heterocycles. The maximum absolute atomic E-state index is 12.9. The lowest BCUT2D eigenvalue weighted by Crippen LogP contribution is -2.20. The van der Waals surface area contributed by atoms with Crippen molar-refractivity contribution in [3.8, 4) is 11.1 Å². The van der Waals surface area contributed by atoms with Crippen LogP contribution in [-0.2, 0) is 17.9 Å². The zero-order valence-electron chi connectivity index (χ0n) is 16.3. The monoisotopic (exact) mass is 376 g/mol. The molecule has 0 spiro atoms. The van der Waals surface area contributed by atoms with Crippen molar-refractivity contribution >= 4 is 16.6 Å². The second-order valence-corrected chi connectivity index (χ2v) is 6.93. The highest BCUT2D eigenvalue weighted by molar-refractivity contribution is 5.86. The first-order valence-electron chi connectivity index (χ1n) is 9.68. The number of aromatic nitrogens is 4. The van der Waals surface area contributed by atoms with Gasteiger partial charge in [-0.15, -0.1) is 0 Å². The molecule has 6 nitrogen and oxygen atoms in total. The molecule has 0 fully saturated rings. The van der Waals surface area contributed by atoms with Gasteiger partial charge in [-0.3, -0.25) is 4.79 Å². The van der Waals surface area contributed by atoms with Crippen molar-refractivity contribution in [1.29, 1.82) is 0 Å². The fraction of sp³-hybridized carbons (Fsp3) is 0.318. The van der Waals surface area contributed by atoms with Crippen molar-refractivity contribution in [2.24, 2.45) is 0 Å². The number of hydrogen-bond acceptors (Lipinski definition) is 4. The van der Waals surface area contributed by atoms with Crippen molar-refractivity contribution in [2.75, 3.05) is 7.11 Å². The second kappa shape index (κ2) is 7.94. The molecule has 0 saturated carbocycles. The van der Waals surface area contributed by atoms with Gasteiger partial charge in [0, 0.05) is 26.0 Å². The van der Waals surface area contributed by atoms with Gasteiger partial charge in [-0.05, 0) is 18.1 Å². The van der Waals surface area contributed by atoms with Gasteiger partial charge in [-0.2, -0.15) is 5.10 Å². The molecule has 144 valence electrons. The van der Waals surface area contributed by atoms with Crippen LogP contribution >= 0.6 is 0 Å². The number of ether oxygens (including phenoxy) is 1. The molecule has 3 heterocycles. The minimum atomic E-state index is -0.0203. The minimum Gasteiger partial charge on any atom is -0.378 e. The summed E-state index contributed by atoms with van der Waals surface area (Å²) in [6.07, 6.45) is 6.77. The quantitative estimate of drug-likeness (QED) is 0.457. The van der Waals surface area contributed by atoms with E-state index >= 15 is 0 Å². The van der Waals surface area contributed by atoms with Crippen molar-refractivity contribution in [3.63, 3.8) is 0 Å². The normalized spacial score (nSPS) is 11.5. The van der Waals surface area contributed by atoms with Crippen LogP contribution in [0.1, 0.15) is 31.9 Å². The number of nitrogens with zero attached hydrogens (tertiary/aromatic N) is 4. The number of aryl methyl sites for hydroxylation is 1. The van der Waals surface area contributed by atoms with Crippen LogP contribution in [0.2, 0.25) is 0 Å². The first-order chi connectivity index (χ1) is 13.7. The summed E-state index contributed by atoms with van der Waals surface area (Å²) in [6.45, 7) is 3.26. The van der Waals surface area contributed by atoms with Crippen LogP contribution in [0.25, 0.3) is 27.7 Å². The predicted octanol–water partition coefficient (Wildman–Crippen LogP) is 4.05. The number of fused-ring (bicyclic) bond motifs is 3. The van der Waals surface area contributed by atoms with E-state index in [1.807, 2.05) is 42.6 Å². The minimum absolute atomic E-state index is 0.0203. The fourth-order valence-electron chi connectivity index (χ4n) is 3.60. The third-order valence-corrected chi connectivity index (χ3v) is 5.00. The number of benzene rings is 1. The summed E-state index contributed by atoms with van der Waals surface area (Å²) in [4.78, 5) is 17.5. The van der Waals surface area contributed by atoms with Gasteiger partial charge in [0.05, 0.1) is 28.8 Å². The van der Waals surface area contributed by atoms with Crippen LogP contribution in [-0.4, -0.2) is 26.3 Å². The van der Waals surface area contributed by atoms with Gasteiger partial charge in [-0.25, -0.2) is 9.50 Å². The van der Waals surface area contributed by atoms with E-state index in [9.17, 15) is 4.79 Å². The molecule has 0 unspecified atom stereocenters. The molecule has 0 aliphatic heterocycles. The van der Waals surface area contributed by atoms with Crippen molar-refractivity contribution in [1.82, 2.24) is 19.2 Å². The highest BCUT2D eigenvalue weighted by Crippen LogP contribution is 2.29. The van der Waals surface area contributed by atoms with Crippen LogP contribution in [0.15, 0.2) is 53.6 Å². The molecule has 0 bridgehead atoms. The number of methoxy groups -OCH3 is 1. The van der Waals surface area contributed by atoms with Crippen molar-refractivity contribution in [2.45, 2.75) is 39.3 Å². The highest BCUT2D eigenvalue weighted by atomic mass is 16.5. The standard InChI is InChI=1S/C22H24N4O2/c1-3-4-8-12-25-13-11-19-17(22(25)27)14-23-21-20(16-9-6-5-7-10-16)18(15-28-2)24-26(19)21/h5-7,9-11,13-14H,3-4,8,12,15H2,1-2H3. The molecule has 0 saturated heterocycles. The average molecular weight is 376 g/mol. The first kappa shape index (κ1) is 18.4. The maximum Gasteiger partial charge on any atom is 0.261 e. The second-order valence-electron chi connectivity index (χ2n) is 6.93. The van der Waals surface area contributed by atoms with E-state index in [4.69, 9.17) is 9.84 Å². The van der Waals surface area contributed by atoms with E-state index in [0.29, 0.717) is 12.0 Å². The molecule has 0 aliphatic carbocycles. The molecule has 4 aromatic rings. The molecular weight excluding hydrogens is 352 g/mol. The number of pyridine rings is 1. The molecular formula is C22H24N4O2. The number of hydrogen-bond donors (Lipinski definition) is 0. The predicted molar refractivity (Wildman–Crippen MR) is 110 cm³/mol. The number of rotatable bonds is 7. The van der Waals surface area contributed by atoms with E-state index in [1.165, 1.54) is 0 Å². The summed E-state index contributed by atoms with van der Waals surface area (Å²) in [5.74, 6) is 0. The third-order valence-electron chi connectivity index (χ3n) is 5.00. The Hall–Kier alpha value is -2.99. The average Bonchev–Trinajstić information content (AvgIpc) is 3.09. The lowest BCUT2D eigenvalue weighted by Gasteiger charge is -2.08. The summed E-state index contributed by atoms with van der Waals surface area (Å²) in [7, 11) is 1.65.